The number of carbonyl (C=O) groups excluding carboxylic acids is 1. The lowest BCUT2D eigenvalue weighted by Crippen LogP contribution is -2.35. The van der Waals surface area contributed by atoms with Gasteiger partial charge in [-0.2, -0.15) is 0 Å². The molecule has 6 nitrogen and oxygen atoms in total. The highest BCUT2D eigenvalue weighted by Crippen LogP contribution is 2.22. The molecule has 1 aliphatic rings. The molecule has 0 aliphatic carbocycles. The van der Waals surface area contributed by atoms with E-state index < -0.39 is 0 Å². The molecule has 0 saturated carbocycles. The lowest BCUT2D eigenvalue weighted by Gasteiger charge is -2.31. The largest absolute Gasteiger partial charge is 0.350 e. The van der Waals surface area contributed by atoms with E-state index in [1.54, 1.807) is 6.20 Å². The Hall–Kier alpha value is -1.69. The van der Waals surface area contributed by atoms with Gasteiger partial charge in [0.25, 0.3) is 5.91 Å². The fourth-order valence-electron chi connectivity index (χ4n) is 2.73. The molecule has 0 radical (unpaired) electrons. The van der Waals surface area contributed by atoms with Crippen LogP contribution in [-0.2, 0) is 0 Å². The molecular formula is C17H29N5O. The molecule has 0 spiro atoms. The molecule has 23 heavy (non-hydrogen) atoms. The second-order valence-corrected chi connectivity index (χ2v) is 6.83. The summed E-state index contributed by atoms with van der Waals surface area (Å²) in [4.78, 5) is 14.5. The number of hydrogen-bond donors (Lipinski definition) is 1. The minimum Gasteiger partial charge on any atom is -0.350 e. The van der Waals surface area contributed by atoms with Gasteiger partial charge in [-0.3, -0.25) is 9.69 Å². The van der Waals surface area contributed by atoms with Crippen molar-refractivity contribution in [2.75, 3.05) is 26.2 Å². The van der Waals surface area contributed by atoms with Crippen LogP contribution in [0.1, 0.15) is 57.1 Å². The van der Waals surface area contributed by atoms with E-state index in [9.17, 15) is 4.79 Å². The van der Waals surface area contributed by atoms with Gasteiger partial charge in [0.1, 0.15) is 0 Å². The first-order valence-electron chi connectivity index (χ1n) is 8.53. The Bertz CT molecular complexity index is 541. The van der Waals surface area contributed by atoms with Crippen molar-refractivity contribution >= 4 is 5.91 Å². The average Bonchev–Trinajstić information content (AvgIpc) is 3.03. The Morgan fingerprint density at radius 3 is 2.74 bits per heavy atom. The zero-order valence-corrected chi connectivity index (χ0v) is 14.7. The number of amides is 1. The van der Waals surface area contributed by atoms with Crippen LogP contribution in [0.2, 0.25) is 0 Å². The highest BCUT2D eigenvalue weighted by Gasteiger charge is 2.22. The summed E-state index contributed by atoms with van der Waals surface area (Å²) < 4.78 is 1.87. The topological polar surface area (TPSA) is 63.1 Å². The summed E-state index contributed by atoms with van der Waals surface area (Å²) in [6.45, 7) is 12.2. The Labute approximate surface area is 138 Å². The third kappa shape index (κ3) is 5.16. The number of nitrogens with one attached hydrogen (secondary N) is 1. The first-order valence-corrected chi connectivity index (χ1v) is 8.53. The molecule has 0 bridgehead atoms. The predicted octanol–water partition coefficient (Wildman–Crippen LogP) is 2.27. The molecule has 0 aromatic carbocycles. The van der Waals surface area contributed by atoms with Crippen LogP contribution in [0.3, 0.4) is 0 Å². The number of rotatable bonds is 6. The van der Waals surface area contributed by atoms with Gasteiger partial charge in [-0.15, -0.1) is 5.10 Å². The van der Waals surface area contributed by atoms with Crippen molar-refractivity contribution in [1.82, 2.24) is 25.2 Å². The van der Waals surface area contributed by atoms with Crippen LogP contribution in [-0.4, -0.2) is 52.0 Å². The maximum Gasteiger partial charge on any atom is 0.273 e. The summed E-state index contributed by atoms with van der Waals surface area (Å²) in [5.41, 5.74) is 1.83. The summed E-state index contributed by atoms with van der Waals surface area (Å²) in [5, 5.41) is 11.1. The maximum absolute atomic E-state index is 12.0. The number of allylic oxidation sites excluding steroid dienone is 1. The Kier molecular flexibility index (Phi) is 6.33. The lowest BCUT2D eigenvalue weighted by atomic mass is 10.0. The molecule has 1 amide bonds. The second-order valence-electron chi connectivity index (χ2n) is 6.83. The van der Waals surface area contributed by atoms with E-state index >= 15 is 0 Å². The van der Waals surface area contributed by atoms with Gasteiger partial charge >= 0.3 is 0 Å². The van der Waals surface area contributed by atoms with Crippen LogP contribution in [0.25, 0.3) is 0 Å². The zero-order chi connectivity index (χ0) is 16.8. The van der Waals surface area contributed by atoms with Crippen molar-refractivity contribution in [3.63, 3.8) is 0 Å². The van der Waals surface area contributed by atoms with Crippen molar-refractivity contribution in [2.45, 2.75) is 46.6 Å². The molecule has 1 saturated heterocycles. The first kappa shape index (κ1) is 17.7. The van der Waals surface area contributed by atoms with Gasteiger partial charge in [-0.1, -0.05) is 30.7 Å². The maximum atomic E-state index is 12.0. The van der Waals surface area contributed by atoms with Crippen molar-refractivity contribution in [1.29, 1.82) is 0 Å². The molecule has 128 valence electrons. The summed E-state index contributed by atoms with van der Waals surface area (Å²) in [6.07, 6.45) is 6.06. The molecule has 1 aliphatic heterocycles. The number of piperidine rings is 1. The number of hydrogen-bond acceptors (Lipinski definition) is 4. The van der Waals surface area contributed by atoms with Crippen molar-refractivity contribution in [3.8, 4) is 0 Å². The summed E-state index contributed by atoms with van der Waals surface area (Å²) in [5.74, 6) is 0.296. The van der Waals surface area contributed by atoms with Crippen LogP contribution in [0.5, 0.6) is 0 Å². The third-order valence-corrected chi connectivity index (χ3v) is 4.31. The molecule has 0 unspecified atom stereocenters. The van der Waals surface area contributed by atoms with E-state index in [0.29, 0.717) is 24.2 Å². The fraction of sp³-hybridized carbons (Fsp3) is 0.706. The van der Waals surface area contributed by atoms with E-state index in [0.717, 1.165) is 32.5 Å². The van der Waals surface area contributed by atoms with Gasteiger partial charge < -0.3 is 5.32 Å². The quantitative estimate of drug-likeness (QED) is 0.817. The van der Waals surface area contributed by atoms with Gasteiger partial charge in [0, 0.05) is 26.2 Å². The average molecular weight is 319 g/mol. The van der Waals surface area contributed by atoms with E-state index in [-0.39, 0.29) is 5.91 Å². The number of carbonyl (C=O) groups is 1. The summed E-state index contributed by atoms with van der Waals surface area (Å²) in [6, 6.07) is 0.344. The first-order chi connectivity index (χ1) is 11.0. The zero-order valence-electron chi connectivity index (χ0n) is 14.7. The van der Waals surface area contributed by atoms with Crippen LogP contribution < -0.4 is 5.32 Å². The van der Waals surface area contributed by atoms with Gasteiger partial charge in [-0.25, -0.2) is 4.68 Å². The van der Waals surface area contributed by atoms with E-state index in [2.05, 4.69) is 54.3 Å². The second kappa shape index (κ2) is 8.24. The molecule has 2 heterocycles. The van der Waals surface area contributed by atoms with Gasteiger partial charge in [0.05, 0.1) is 12.2 Å². The molecule has 1 aromatic rings. The molecule has 1 N–H and O–H groups in total. The SMILES string of the molecule is C/C=C(\C)CN1CCC(n2cc(C(=O)NCC(C)C)nn2)CC1. The lowest BCUT2D eigenvalue weighted by molar-refractivity contribution is 0.0944. The number of likely N-dealkylation sites (tertiary alicyclic amines) is 1. The number of nitrogens with zero attached hydrogens (tertiary/aromatic N) is 4. The Morgan fingerprint density at radius 2 is 2.13 bits per heavy atom. The smallest absolute Gasteiger partial charge is 0.273 e. The Balaban J connectivity index is 1.86. The van der Waals surface area contributed by atoms with Crippen LogP contribution >= 0.6 is 0 Å². The molecule has 1 fully saturated rings. The summed E-state index contributed by atoms with van der Waals surface area (Å²) in [7, 11) is 0. The molecule has 2 rings (SSSR count). The van der Waals surface area contributed by atoms with Gasteiger partial charge in [0.15, 0.2) is 5.69 Å². The predicted molar refractivity (Wildman–Crippen MR) is 91.3 cm³/mol. The normalized spacial score (nSPS) is 17.7. The summed E-state index contributed by atoms with van der Waals surface area (Å²) >= 11 is 0. The fourth-order valence-corrected chi connectivity index (χ4v) is 2.73. The highest BCUT2D eigenvalue weighted by molar-refractivity contribution is 5.91. The van der Waals surface area contributed by atoms with E-state index in [1.165, 1.54) is 5.57 Å². The van der Waals surface area contributed by atoms with Crippen LogP contribution in [0, 0.1) is 5.92 Å². The van der Waals surface area contributed by atoms with E-state index in [4.69, 9.17) is 0 Å². The number of aromatic nitrogens is 3. The van der Waals surface area contributed by atoms with Crippen molar-refractivity contribution in [2.24, 2.45) is 5.92 Å². The van der Waals surface area contributed by atoms with Gasteiger partial charge in [0.2, 0.25) is 0 Å². The van der Waals surface area contributed by atoms with Crippen LogP contribution in [0.4, 0.5) is 0 Å². The molecule has 6 heteroatoms. The van der Waals surface area contributed by atoms with Gasteiger partial charge in [-0.05, 0) is 32.6 Å². The third-order valence-electron chi connectivity index (χ3n) is 4.31. The molecular weight excluding hydrogens is 290 g/mol. The van der Waals surface area contributed by atoms with E-state index in [1.807, 2.05) is 4.68 Å². The van der Waals surface area contributed by atoms with Crippen molar-refractivity contribution in [3.05, 3.63) is 23.5 Å². The molecule has 1 aromatic heterocycles. The Morgan fingerprint density at radius 1 is 1.43 bits per heavy atom. The minimum absolute atomic E-state index is 0.133. The van der Waals surface area contributed by atoms with Crippen molar-refractivity contribution < 1.29 is 4.79 Å². The highest BCUT2D eigenvalue weighted by atomic mass is 16.2. The monoisotopic (exact) mass is 319 g/mol. The minimum atomic E-state index is -0.133. The molecule has 0 atom stereocenters. The van der Waals surface area contributed by atoms with Crippen LogP contribution in [0.15, 0.2) is 17.8 Å². The standard InChI is InChI=1S/C17H29N5O/c1-5-14(4)11-21-8-6-15(7-9-21)22-12-16(19-20-22)17(23)18-10-13(2)3/h5,12-13,15H,6-11H2,1-4H3,(H,18,23)/b14-5+.